The normalized spacial score (nSPS) is 17.4. The van der Waals surface area contributed by atoms with Crippen molar-refractivity contribution in [1.29, 1.82) is 0 Å². The van der Waals surface area contributed by atoms with Gasteiger partial charge in [-0.3, -0.25) is 14.7 Å². The summed E-state index contributed by atoms with van der Waals surface area (Å²) >= 11 is 0. The number of aromatic nitrogens is 1. The Hall–Kier alpha value is -1.46. The van der Waals surface area contributed by atoms with Crippen LogP contribution in [0.3, 0.4) is 0 Å². The highest BCUT2D eigenvalue weighted by Crippen LogP contribution is 2.19. The number of rotatable bonds is 7. The number of nitrogens with zero attached hydrogens (tertiary/aromatic N) is 2. The molecule has 1 aromatic heterocycles. The first-order valence-electron chi connectivity index (χ1n) is 8.26. The molecule has 122 valence electrons. The van der Waals surface area contributed by atoms with Gasteiger partial charge in [-0.2, -0.15) is 0 Å². The van der Waals surface area contributed by atoms with Gasteiger partial charge in [0.15, 0.2) is 0 Å². The molecule has 0 radical (unpaired) electrons. The van der Waals surface area contributed by atoms with Gasteiger partial charge in [0, 0.05) is 38.1 Å². The van der Waals surface area contributed by atoms with E-state index in [1.165, 1.54) is 0 Å². The average molecular weight is 305 g/mol. The first kappa shape index (κ1) is 16.9. The van der Waals surface area contributed by atoms with Gasteiger partial charge in [0.05, 0.1) is 18.8 Å². The minimum Gasteiger partial charge on any atom is -0.379 e. The Bertz CT molecular complexity index is 442. The van der Waals surface area contributed by atoms with Crippen LogP contribution in [0.4, 0.5) is 0 Å². The quantitative estimate of drug-likeness (QED) is 0.836. The number of amides is 1. The predicted molar refractivity (Wildman–Crippen MR) is 86.8 cm³/mol. The van der Waals surface area contributed by atoms with Crippen molar-refractivity contribution in [2.75, 3.05) is 32.8 Å². The van der Waals surface area contributed by atoms with Crippen molar-refractivity contribution in [2.24, 2.45) is 5.92 Å². The van der Waals surface area contributed by atoms with Crippen LogP contribution < -0.4 is 5.32 Å². The van der Waals surface area contributed by atoms with E-state index < -0.39 is 0 Å². The molecule has 0 saturated carbocycles. The van der Waals surface area contributed by atoms with Gasteiger partial charge in [0.1, 0.15) is 0 Å². The van der Waals surface area contributed by atoms with Crippen LogP contribution in [0.2, 0.25) is 0 Å². The number of morpholine rings is 1. The van der Waals surface area contributed by atoms with Crippen LogP contribution in [-0.4, -0.2) is 54.7 Å². The number of carbonyl (C=O) groups is 1. The smallest absolute Gasteiger partial charge is 0.252 e. The van der Waals surface area contributed by atoms with Crippen molar-refractivity contribution in [3.63, 3.8) is 0 Å². The van der Waals surface area contributed by atoms with Crippen molar-refractivity contribution in [2.45, 2.75) is 32.7 Å². The molecule has 1 aliphatic heterocycles. The van der Waals surface area contributed by atoms with Crippen LogP contribution in [0.25, 0.3) is 0 Å². The Morgan fingerprint density at radius 1 is 1.36 bits per heavy atom. The zero-order valence-electron chi connectivity index (χ0n) is 13.6. The zero-order chi connectivity index (χ0) is 15.8. The van der Waals surface area contributed by atoms with Gasteiger partial charge in [-0.25, -0.2) is 0 Å². The Morgan fingerprint density at radius 3 is 2.68 bits per heavy atom. The van der Waals surface area contributed by atoms with Gasteiger partial charge in [-0.15, -0.1) is 0 Å². The van der Waals surface area contributed by atoms with Crippen LogP contribution in [0.15, 0.2) is 24.5 Å². The number of ether oxygens (including phenoxy) is 1. The summed E-state index contributed by atoms with van der Waals surface area (Å²) in [6.07, 6.45) is 5.54. The molecule has 2 heterocycles. The second-order valence-corrected chi connectivity index (χ2v) is 5.74. The molecule has 5 heteroatoms. The van der Waals surface area contributed by atoms with Crippen molar-refractivity contribution in [3.8, 4) is 0 Å². The third-order valence-corrected chi connectivity index (χ3v) is 4.50. The Balaban J connectivity index is 1.98. The topological polar surface area (TPSA) is 54.5 Å². The lowest BCUT2D eigenvalue weighted by molar-refractivity contribution is 0.00191. The minimum absolute atomic E-state index is 0.0442. The lowest BCUT2D eigenvalue weighted by atomic mass is 9.92. The second-order valence-electron chi connectivity index (χ2n) is 5.74. The molecule has 1 aliphatic rings. The molecule has 1 amide bonds. The SMILES string of the molecule is CCC(CC)C(CNC(=O)c1cccnc1)N1CCOCC1. The first-order chi connectivity index (χ1) is 10.8. The largest absolute Gasteiger partial charge is 0.379 e. The molecule has 22 heavy (non-hydrogen) atoms. The number of hydrogen-bond acceptors (Lipinski definition) is 4. The maximum Gasteiger partial charge on any atom is 0.252 e. The molecule has 0 spiro atoms. The summed E-state index contributed by atoms with van der Waals surface area (Å²) in [4.78, 5) is 18.7. The summed E-state index contributed by atoms with van der Waals surface area (Å²) in [6.45, 7) is 8.60. The van der Waals surface area contributed by atoms with Crippen molar-refractivity contribution >= 4 is 5.91 Å². The fraction of sp³-hybridized carbons (Fsp3) is 0.647. The first-order valence-corrected chi connectivity index (χ1v) is 8.26. The summed E-state index contributed by atoms with van der Waals surface area (Å²) in [5.41, 5.74) is 0.618. The van der Waals surface area contributed by atoms with E-state index in [2.05, 4.69) is 29.0 Å². The van der Waals surface area contributed by atoms with Gasteiger partial charge < -0.3 is 10.1 Å². The Kier molecular flexibility index (Phi) is 6.80. The molecule has 1 fully saturated rings. The minimum atomic E-state index is -0.0442. The zero-order valence-corrected chi connectivity index (χ0v) is 13.6. The van der Waals surface area contributed by atoms with Crippen molar-refractivity contribution in [1.82, 2.24) is 15.2 Å². The highest BCUT2D eigenvalue weighted by Gasteiger charge is 2.27. The summed E-state index contributed by atoms with van der Waals surface area (Å²) in [5, 5.41) is 3.08. The lowest BCUT2D eigenvalue weighted by Gasteiger charge is -2.38. The van der Waals surface area contributed by atoms with Gasteiger partial charge in [-0.1, -0.05) is 26.7 Å². The van der Waals surface area contributed by atoms with E-state index in [1.54, 1.807) is 24.5 Å². The van der Waals surface area contributed by atoms with Crippen LogP contribution in [0, 0.1) is 5.92 Å². The summed E-state index contributed by atoms with van der Waals surface area (Å²) < 4.78 is 5.45. The number of pyridine rings is 1. The molecule has 0 bridgehead atoms. The van der Waals surface area contributed by atoms with Gasteiger partial charge in [0.2, 0.25) is 0 Å². The molecule has 1 N–H and O–H groups in total. The van der Waals surface area contributed by atoms with Crippen LogP contribution >= 0.6 is 0 Å². The molecule has 0 aliphatic carbocycles. The van der Waals surface area contributed by atoms with Gasteiger partial charge in [0.25, 0.3) is 5.91 Å². The van der Waals surface area contributed by atoms with E-state index in [9.17, 15) is 4.79 Å². The second kappa shape index (κ2) is 8.86. The standard InChI is InChI=1S/C17H27N3O2/c1-3-14(4-2)16(20-8-10-22-11-9-20)13-19-17(21)15-6-5-7-18-12-15/h5-7,12,14,16H,3-4,8-11,13H2,1-2H3,(H,19,21). The summed E-state index contributed by atoms with van der Waals surface area (Å²) in [5.74, 6) is 0.546. The number of carbonyl (C=O) groups excluding carboxylic acids is 1. The summed E-state index contributed by atoms with van der Waals surface area (Å²) in [7, 11) is 0. The third-order valence-electron chi connectivity index (χ3n) is 4.50. The maximum absolute atomic E-state index is 12.2. The number of nitrogens with one attached hydrogen (secondary N) is 1. The third kappa shape index (κ3) is 4.52. The molecular weight excluding hydrogens is 278 g/mol. The molecule has 2 rings (SSSR count). The van der Waals surface area contributed by atoms with E-state index in [0.29, 0.717) is 24.1 Å². The molecule has 5 nitrogen and oxygen atoms in total. The lowest BCUT2D eigenvalue weighted by Crippen LogP contribution is -2.52. The fourth-order valence-electron chi connectivity index (χ4n) is 3.13. The monoisotopic (exact) mass is 305 g/mol. The molecule has 1 unspecified atom stereocenters. The van der Waals surface area contributed by atoms with E-state index in [-0.39, 0.29) is 5.91 Å². The molecule has 1 saturated heterocycles. The van der Waals surface area contributed by atoms with E-state index >= 15 is 0 Å². The molecule has 1 aromatic rings. The van der Waals surface area contributed by atoms with Gasteiger partial charge in [-0.05, 0) is 18.1 Å². The van der Waals surface area contributed by atoms with Crippen LogP contribution in [0.5, 0.6) is 0 Å². The molecule has 1 atom stereocenters. The Morgan fingerprint density at radius 2 is 2.09 bits per heavy atom. The highest BCUT2D eigenvalue weighted by molar-refractivity contribution is 5.93. The summed E-state index contributed by atoms with van der Waals surface area (Å²) in [6, 6.07) is 3.96. The van der Waals surface area contributed by atoms with Crippen LogP contribution in [0.1, 0.15) is 37.0 Å². The van der Waals surface area contributed by atoms with Crippen LogP contribution in [-0.2, 0) is 4.74 Å². The fourth-order valence-corrected chi connectivity index (χ4v) is 3.13. The van der Waals surface area contributed by atoms with Gasteiger partial charge >= 0.3 is 0 Å². The van der Waals surface area contributed by atoms with E-state index in [0.717, 1.165) is 39.1 Å². The highest BCUT2D eigenvalue weighted by atomic mass is 16.5. The van der Waals surface area contributed by atoms with E-state index in [1.807, 2.05) is 0 Å². The van der Waals surface area contributed by atoms with Crippen molar-refractivity contribution < 1.29 is 9.53 Å². The number of hydrogen-bond donors (Lipinski definition) is 1. The van der Waals surface area contributed by atoms with E-state index in [4.69, 9.17) is 4.74 Å². The molecular formula is C17H27N3O2. The predicted octanol–water partition coefficient (Wildman–Crippen LogP) is 1.95. The Labute approximate surface area is 133 Å². The average Bonchev–Trinajstić information content (AvgIpc) is 2.60. The van der Waals surface area contributed by atoms with Crippen molar-refractivity contribution in [3.05, 3.63) is 30.1 Å². The molecule has 0 aromatic carbocycles. The maximum atomic E-state index is 12.2.